The number of rotatable bonds is 1. The Bertz CT molecular complexity index is 324. The van der Waals surface area contributed by atoms with Crippen LogP contribution in [0.3, 0.4) is 0 Å². The van der Waals surface area contributed by atoms with Gasteiger partial charge >= 0.3 is 0 Å². The van der Waals surface area contributed by atoms with E-state index in [0.717, 1.165) is 25.0 Å². The lowest BCUT2D eigenvalue weighted by Gasteiger charge is -2.33. The van der Waals surface area contributed by atoms with Crippen molar-refractivity contribution >= 4 is 0 Å². The minimum absolute atomic E-state index is 0.349. The van der Waals surface area contributed by atoms with Crippen molar-refractivity contribution in [1.82, 2.24) is 4.98 Å². The van der Waals surface area contributed by atoms with Gasteiger partial charge in [0.25, 0.3) is 0 Å². The number of hydrogen-bond donors (Lipinski definition) is 1. The highest BCUT2D eigenvalue weighted by molar-refractivity contribution is 5.21. The molecule has 1 fully saturated rings. The van der Waals surface area contributed by atoms with Crippen molar-refractivity contribution in [2.75, 3.05) is 13.2 Å². The second-order valence-electron chi connectivity index (χ2n) is 3.70. The molecular weight excluding hydrogens is 183 g/mol. The maximum Gasteiger partial charge on any atom is 0.141 e. The van der Waals surface area contributed by atoms with Crippen LogP contribution >= 0.6 is 0 Å². The zero-order valence-corrected chi connectivity index (χ0v) is 7.87. The number of aromatic nitrogens is 1. The highest BCUT2D eigenvalue weighted by atomic mass is 19.1. The molecule has 0 amide bonds. The molecule has 1 aromatic heterocycles. The summed E-state index contributed by atoms with van der Waals surface area (Å²) in [5.74, 6) is -0.349. The van der Waals surface area contributed by atoms with Crippen molar-refractivity contribution in [2.24, 2.45) is 5.73 Å². The maximum atomic E-state index is 12.9. The molecule has 0 bridgehead atoms. The topological polar surface area (TPSA) is 48.1 Å². The van der Waals surface area contributed by atoms with Crippen LogP contribution in [-0.2, 0) is 10.3 Å². The first-order valence-electron chi connectivity index (χ1n) is 4.68. The van der Waals surface area contributed by atoms with Gasteiger partial charge in [0.05, 0.1) is 18.3 Å². The fraction of sp³-hybridized carbons (Fsp3) is 0.500. The van der Waals surface area contributed by atoms with Crippen LogP contribution in [-0.4, -0.2) is 18.2 Å². The molecule has 1 saturated heterocycles. The fourth-order valence-electron chi connectivity index (χ4n) is 1.73. The van der Waals surface area contributed by atoms with Gasteiger partial charge in [-0.3, -0.25) is 4.98 Å². The van der Waals surface area contributed by atoms with Crippen LogP contribution in [0.2, 0.25) is 0 Å². The predicted octanol–water partition coefficient (Wildman–Crippen LogP) is 1.19. The Morgan fingerprint density at radius 3 is 3.00 bits per heavy atom. The zero-order chi connectivity index (χ0) is 10.0. The number of hydrogen-bond acceptors (Lipinski definition) is 3. The largest absolute Gasteiger partial charge is 0.379 e. The number of nitrogens with two attached hydrogens (primary N) is 1. The summed E-state index contributed by atoms with van der Waals surface area (Å²) in [5.41, 5.74) is 6.28. The van der Waals surface area contributed by atoms with E-state index in [0.29, 0.717) is 6.61 Å². The fourth-order valence-corrected chi connectivity index (χ4v) is 1.73. The van der Waals surface area contributed by atoms with Gasteiger partial charge in [-0.2, -0.15) is 0 Å². The zero-order valence-electron chi connectivity index (χ0n) is 7.87. The molecule has 2 N–H and O–H groups in total. The second kappa shape index (κ2) is 3.63. The number of halogens is 1. The van der Waals surface area contributed by atoms with Crippen LogP contribution in [0.15, 0.2) is 18.5 Å². The molecule has 4 heteroatoms. The average Bonchev–Trinajstić information content (AvgIpc) is 2.19. The highest BCUT2D eigenvalue weighted by Gasteiger charge is 2.30. The Balaban J connectivity index is 2.28. The summed E-state index contributed by atoms with van der Waals surface area (Å²) in [6, 6.07) is 1.43. The van der Waals surface area contributed by atoms with Crippen LogP contribution < -0.4 is 5.73 Å². The van der Waals surface area contributed by atoms with Gasteiger partial charge in [-0.1, -0.05) is 0 Å². The molecule has 0 aromatic carbocycles. The summed E-state index contributed by atoms with van der Waals surface area (Å²) in [5, 5.41) is 0. The van der Waals surface area contributed by atoms with Gasteiger partial charge in [0.15, 0.2) is 0 Å². The summed E-state index contributed by atoms with van der Waals surface area (Å²) in [6.07, 6.45) is 4.51. The summed E-state index contributed by atoms with van der Waals surface area (Å²) in [6.45, 7) is 1.18. The molecule has 0 saturated carbocycles. The normalized spacial score (nSPS) is 27.6. The van der Waals surface area contributed by atoms with Gasteiger partial charge in [0.2, 0.25) is 0 Å². The molecule has 0 aliphatic carbocycles. The van der Waals surface area contributed by atoms with E-state index in [1.165, 1.54) is 12.3 Å². The third kappa shape index (κ3) is 1.76. The predicted molar refractivity (Wildman–Crippen MR) is 50.1 cm³/mol. The molecule has 0 spiro atoms. The molecule has 2 rings (SSSR count). The van der Waals surface area contributed by atoms with Crippen LogP contribution in [0.25, 0.3) is 0 Å². The first-order chi connectivity index (χ1) is 6.71. The monoisotopic (exact) mass is 196 g/mol. The van der Waals surface area contributed by atoms with Gasteiger partial charge in [0.1, 0.15) is 5.82 Å². The van der Waals surface area contributed by atoms with Gasteiger partial charge in [-0.05, 0) is 24.5 Å². The minimum Gasteiger partial charge on any atom is -0.379 e. The van der Waals surface area contributed by atoms with Crippen molar-refractivity contribution in [3.63, 3.8) is 0 Å². The SMILES string of the molecule is NC1(c2cncc(F)c2)CCCOC1. The van der Waals surface area contributed by atoms with Gasteiger partial charge in [0, 0.05) is 12.8 Å². The van der Waals surface area contributed by atoms with Gasteiger partial charge in [-0.25, -0.2) is 4.39 Å². The maximum absolute atomic E-state index is 12.9. The molecule has 0 radical (unpaired) electrons. The second-order valence-corrected chi connectivity index (χ2v) is 3.70. The molecule has 76 valence electrons. The summed E-state index contributed by atoms with van der Waals surface area (Å²) in [4.78, 5) is 3.79. The van der Waals surface area contributed by atoms with Gasteiger partial charge in [-0.15, -0.1) is 0 Å². The van der Waals surface area contributed by atoms with Crippen LogP contribution in [0, 0.1) is 5.82 Å². The van der Waals surface area contributed by atoms with Crippen molar-refractivity contribution in [3.8, 4) is 0 Å². The van der Waals surface area contributed by atoms with E-state index in [4.69, 9.17) is 10.5 Å². The van der Waals surface area contributed by atoms with E-state index in [2.05, 4.69) is 4.98 Å². The van der Waals surface area contributed by atoms with Crippen molar-refractivity contribution < 1.29 is 9.13 Å². The quantitative estimate of drug-likeness (QED) is 0.733. The lowest BCUT2D eigenvalue weighted by atomic mass is 9.87. The third-order valence-electron chi connectivity index (χ3n) is 2.55. The molecule has 14 heavy (non-hydrogen) atoms. The Hall–Kier alpha value is -1.00. The van der Waals surface area contributed by atoms with Crippen molar-refractivity contribution in [3.05, 3.63) is 29.8 Å². The summed E-state index contributed by atoms with van der Waals surface area (Å²) < 4.78 is 18.2. The lowest BCUT2D eigenvalue weighted by Crippen LogP contribution is -2.44. The van der Waals surface area contributed by atoms with E-state index in [9.17, 15) is 4.39 Å². The van der Waals surface area contributed by atoms with Crippen LogP contribution in [0.1, 0.15) is 18.4 Å². The Labute approximate surface area is 82.1 Å². The Morgan fingerprint density at radius 2 is 2.36 bits per heavy atom. The minimum atomic E-state index is -0.562. The van der Waals surface area contributed by atoms with E-state index in [-0.39, 0.29) is 5.82 Å². The van der Waals surface area contributed by atoms with Crippen molar-refractivity contribution in [2.45, 2.75) is 18.4 Å². The molecule has 2 heterocycles. The summed E-state index contributed by atoms with van der Waals surface area (Å²) >= 11 is 0. The number of ether oxygens (including phenoxy) is 1. The molecular formula is C10H13FN2O. The van der Waals surface area contributed by atoms with Crippen molar-refractivity contribution in [1.29, 1.82) is 0 Å². The molecule has 1 aliphatic heterocycles. The van der Waals surface area contributed by atoms with Crippen LogP contribution in [0.4, 0.5) is 4.39 Å². The molecule has 1 unspecified atom stereocenters. The standard InChI is InChI=1S/C10H13FN2O/c11-9-4-8(5-13-6-9)10(12)2-1-3-14-7-10/h4-6H,1-3,7,12H2. The third-order valence-corrected chi connectivity index (χ3v) is 2.55. The van der Waals surface area contributed by atoms with E-state index >= 15 is 0 Å². The molecule has 3 nitrogen and oxygen atoms in total. The molecule has 1 aromatic rings. The van der Waals surface area contributed by atoms with E-state index < -0.39 is 5.54 Å². The van der Waals surface area contributed by atoms with Gasteiger partial charge < -0.3 is 10.5 Å². The first-order valence-corrected chi connectivity index (χ1v) is 4.68. The highest BCUT2D eigenvalue weighted by Crippen LogP contribution is 2.27. The number of nitrogens with zero attached hydrogens (tertiary/aromatic N) is 1. The molecule has 1 aliphatic rings. The van der Waals surface area contributed by atoms with Crippen LogP contribution in [0.5, 0.6) is 0 Å². The lowest BCUT2D eigenvalue weighted by molar-refractivity contribution is 0.0364. The Kier molecular flexibility index (Phi) is 2.48. The first kappa shape index (κ1) is 9.55. The number of pyridine rings is 1. The molecule has 1 atom stereocenters. The Morgan fingerprint density at radius 1 is 1.50 bits per heavy atom. The smallest absolute Gasteiger partial charge is 0.141 e. The van der Waals surface area contributed by atoms with E-state index in [1.54, 1.807) is 6.20 Å². The van der Waals surface area contributed by atoms with E-state index in [1.807, 2.05) is 0 Å². The average molecular weight is 196 g/mol. The summed E-state index contributed by atoms with van der Waals surface area (Å²) in [7, 11) is 0.